The van der Waals surface area contributed by atoms with Crippen molar-refractivity contribution in [2.75, 3.05) is 0 Å². The third kappa shape index (κ3) is 2.98. The average molecular weight is 194 g/mol. The molecule has 0 aliphatic rings. The first kappa shape index (κ1) is 11.0. The van der Waals surface area contributed by atoms with Gasteiger partial charge < -0.3 is 9.36 Å². The standard InChI is InChI=1S/C11H18N2O/c1-9(14)6-4-5-7-13-8-12-10(2)11(13)3/h8H,4-7H2,1-3H3. The van der Waals surface area contributed by atoms with Crippen molar-refractivity contribution in [2.45, 2.75) is 46.6 Å². The molecule has 0 fully saturated rings. The first-order chi connectivity index (χ1) is 6.61. The summed E-state index contributed by atoms with van der Waals surface area (Å²) in [6.07, 6.45) is 4.60. The lowest BCUT2D eigenvalue weighted by Crippen LogP contribution is -2.00. The maximum Gasteiger partial charge on any atom is 0.129 e. The summed E-state index contributed by atoms with van der Waals surface area (Å²) in [5.41, 5.74) is 2.32. The van der Waals surface area contributed by atoms with Gasteiger partial charge in [-0.2, -0.15) is 0 Å². The molecule has 0 aliphatic carbocycles. The SMILES string of the molecule is CC(=O)CCCCn1cnc(C)c1C. The Balaban J connectivity index is 2.31. The Hall–Kier alpha value is -1.12. The Labute approximate surface area is 85.2 Å². The maximum atomic E-state index is 10.7. The van der Waals surface area contributed by atoms with Crippen molar-refractivity contribution in [1.82, 2.24) is 9.55 Å². The van der Waals surface area contributed by atoms with E-state index < -0.39 is 0 Å². The summed E-state index contributed by atoms with van der Waals surface area (Å²) in [6, 6.07) is 0. The lowest BCUT2D eigenvalue weighted by Gasteiger charge is -2.04. The number of Topliss-reactive ketones (excluding diaryl/α,β-unsaturated/α-hetero) is 1. The number of rotatable bonds is 5. The van der Waals surface area contributed by atoms with E-state index in [-0.39, 0.29) is 5.78 Å². The number of ketones is 1. The van der Waals surface area contributed by atoms with Crippen LogP contribution in [0.4, 0.5) is 0 Å². The molecule has 0 atom stereocenters. The topological polar surface area (TPSA) is 34.9 Å². The fourth-order valence-corrected chi connectivity index (χ4v) is 1.43. The zero-order valence-electron chi connectivity index (χ0n) is 9.21. The van der Waals surface area contributed by atoms with E-state index in [0.29, 0.717) is 6.42 Å². The highest BCUT2D eigenvalue weighted by molar-refractivity contribution is 5.75. The van der Waals surface area contributed by atoms with Crippen LogP contribution in [0.15, 0.2) is 6.33 Å². The van der Waals surface area contributed by atoms with E-state index in [2.05, 4.69) is 16.5 Å². The molecule has 0 unspecified atom stereocenters. The van der Waals surface area contributed by atoms with Gasteiger partial charge in [0, 0.05) is 18.7 Å². The Morgan fingerprint density at radius 3 is 2.64 bits per heavy atom. The van der Waals surface area contributed by atoms with E-state index in [1.54, 1.807) is 6.92 Å². The van der Waals surface area contributed by atoms with Gasteiger partial charge in [-0.15, -0.1) is 0 Å². The van der Waals surface area contributed by atoms with Gasteiger partial charge in [0.05, 0.1) is 12.0 Å². The minimum Gasteiger partial charge on any atom is -0.335 e. The molecular formula is C11H18N2O. The smallest absolute Gasteiger partial charge is 0.129 e. The molecule has 0 spiro atoms. The number of carbonyl (C=O) groups is 1. The predicted octanol–water partition coefficient (Wildman–Crippen LogP) is 2.26. The second-order valence-corrected chi connectivity index (χ2v) is 3.77. The van der Waals surface area contributed by atoms with Gasteiger partial charge in [-0.25, -0.2) is 4.98 Å². The summed E-state index contributed by atoms with van der Waals surface area (Å²) >= 11 is 0. The van der Waals surface area contributed by atoms with Crippen LogP contribution in [0.25, 0.3) is 0 Å². The van der Waals surface area contributed by atoms with Crippen molar-refractivity contribution in [3.05, 3.63) is 17.7 Å². The van der Waals surface area contributed by atoms with Gasteiger partial charge in [-0.3, -0.25) is 0 Å². The van der Waals surface area contributed by atoms with Crippen LogP contribution in [-0.2, 0) is 11.3 Å². The molecule has 0 saturated heterocycles. The molecular weight excluding hydrogens is 176 g/mol. The van der Waals surface area contributed by atoms with Crippen LogP contribution in [0.2, 0.25) is 0 Å². The van der Waals surface area contributed by atoms with Gasteiger partial charge in [0.25, 0.3) is 0 Å². The summed E-state index contributed by atoms with van der Waals surface area (Å²) in [6.45, 7) is 6.71. The van der Waals surface area contributed by atoms with Crippen LogP contribution in [-0.4, -0.2) is 15.3 Å². The second-order valence-electron chi connectivity index (χ2n) is 3.77. The van der Waals surface area contributed by atoms with Crippen LogP contribution < -0.4 is 0 Å². The quantitative estimate of drug-likeness (QED) is 0.674. The summed E-state index contributed by atoms with van der Waals surface area (Å²) in [5, 5.41) is 0. The van der Waals surface area contributed by atoms with E-state index in [9.17, 15) is 4.79 Å². The van der Waals surface area contributed by atoms with Crippen molar-refractivity contribution < 1.29 is 4.79 Å². The predicted molar refractivity (Wildman–Crippen MR) is 56.2 cm³/mol. The first-order valence-corrected chi connectivity index (χ1v) is 5.09. The average Bonchev–Trinajstić information content (AvgIpc) is 2.43. The van der Waals surface area contributed by atoms with E-state index in [1.165, 1.54) is 5.69 Å². The van der Waals surface area contributed by atoms with Gasteiger partial charge in [0.15, 0.2) is 0 Å². The summed E-state index contributed by atoms with van der Waals surface area (Å²) in [7, 11) is 0. The molecule has 1 rings (SSSR count). The van der Waals surface area contributed by atoms with E-state index >= 15 is 0 Å². The van der Waals surface area contributed by atoms with E-state index in [0.717, 1.165) is 25.1 Å². The molecule has 1 aromatic heterocycles. The third-order valence-electron chi connectivity index (χ3n) is 2.52. The lowest BCUT2D eigenvalue weighted by atomic mass is 10.2. The molecule has 3 heteroatoms. The molecule has 0 aromatic carbocycles. The number of hydrogen-bond donors (Lipinski definition) is 0. The second kappa shape index (κ2) is 4.94. The number of aryl methyl sites for hydroxylation is 2. The van der Waals surface area contributed by atoms with Crippen LogP contribution >= 0.6 is 0 Å². The van der Waals surface area contributed by atoms with Crippen molar-refractivity contribution in [2.24, 2.45) is 0 Å². The van der Waals surface area contributed by atoms with Crippen molar-refractivity contribution in [3.8, 4) is 0 Å². The Bertz CT molecular complexity index is 315. The zero-order valence-corrected chi connectivity index (χ0v) is 9.21. The van der Waals surface area contributed by atoms with Gasteiger partial charge in [-0.1, -0.05) is 0 Å². The van der Waals surface area contributed by atoms with E-state index in [4.69, 9.17) is 0 Å². The summed E-state index contributed by atoms with van der Waals surface area (Å²) in [5.74, 6) is 0.281. The monoisotopic (exact) mass is 194 g/mol. The molecule has 14 heavy (non-hydrogen) atoms. The van der Waals surface area contributed by atoms with Gasteiger partial charge in [-0.05, 0) is 33.6 Å². The van der Waals surface area contributed by atoms with Crippen LogP contribution in [0.3, 0.4) is 0 Å². The molecule has 1 heterocycles. The first-order valence-electron chi connectivity index (χ1n) is 5.09. The zero-order chi connectivity index (χ0) is 10.6. The van der Waals surface area contributed by atoms with Crippen LogP contribution in [0, 0.1) is 13.8 Å². The minimum atomic E-state index is 0.281. The van der Waals surface area contributed by atoms with Gasteiger partial charge in [0.2, 0.25) is 0 Å². The molecule has 3 nitrogen and oxygen atoms in total. The third-order valence-corrected chi connectivity index (χ3v) is 2.52. The molecule has 0 amide bonds. The number of imidazole rings is 1. The Morgan fingerprint density at radius 1 is 1.43 bits per heavy atom. The molecule has 0 radical (unpaired) electrons. The highest BCUT2D eigenvalue weighted by Crippen LogP contribution is 2.06. The lowest BCUT2D eigenvalue weighted by molar-refractivity contribution is -0.117. The Kier molecular flexibility index (Phi) is 3.86. The number of hydrogen-bond acceptors (Lipinski definition) is 2. The maximum absolute atomic E-state index is 10.7. The molecule has 0 aliphatic heterocycles. The minimum absolute atomic E-state index is 0.281. The fraction of sp³-hybridized carbons (Fsp3) is 0.636. The molecule has 0 N–H and O–H groups in total. The molecule has 78 valence electrons. The fourth-order valence-electron chi connectivity index (χ4n) is 1.43. The normalized spacial score (nSPS) is 10.5. The van der Waals surface area contributed by atoms with E-state index in [1.807, 2.05) is 13.3 Å². The highest BCUT2D eigenvalue weighted by Gasteiger charge is 2.01. The molecule has 0 saturated carbocycles. The van der Waals surface area contributed by atoms with Crippen LogP contribution in [0.5, 0.6) is 0 Å². The number of aromatic nitrogens is 2. The van der Waals surface area contributed by atoms with Crippen LogP contribution in [0.1, 0.15) is 37.6 Å². The van der Waals surface area contributed by atoms with Crippen molar-refractivity contribution >= 4 is 5.78 Å². The largest absolute Gasteiger partial charge is 0.335 e. The summed E-state index contributed by atoms with van der Waals surface area (Å²) in [4.78, 5) is 14.9. The molecule has 0 bridgehead atoms. The van der Waals surface area contributed by atoms with Gasteiger partial charge >= 0.3 is 0 Å². The van der Waals surface area contributed by atoms with Crippen molar-refractivity contribution in [3.63, 3.8) is 0 Å². The van der Waals surface area contributed by atoms with Gasteiger partial charge in [0.1, 0.15) is 5.78 Å². The van der Waals surface area contributed by atoms with Crippen molar-refractivity contribution in [1.29, 1.82) is 0 Å². The number of carbonyl (C=O) groups excluding carboxylic acids is 1. The molecule has 1 aromatic rings. The summed E-state index contributed by atoms with van der Waals surface area (Å²) < 4.78 is 2.15. The number of unbranched alkanes of at least 4 members (excludes halogenated alkanes) is 1. The Morgan fingerprint density at radius 2 is 2.14 bits per heavy atom. The number of nitrogens with zero attached hydrogens (tertiary/aromatic N) is 2. The highest BCUT2D eigenvalue weighted by atomic mass is 16.1.